The van der Waals surface area contributed by atoms with Gasteiger partial charge in [-0.2, -0.15) is 13.2 Å². The van der Waals surface area contributed by atoms with Gasteiger partial charge >= 0.3 is 6.18 Å². The van der Waals surface area contributed by atoms with Gasteiger partial charge in [0.1, 0.15) is 29.1 Å². The van der Waals surface area contributed by atoms with Crippen LogP contribution in [-0.4, -0.2) is 82.3 Å². The molecule has 1 aliphatic heterocycles. The molecule has 48 heavy (non-hydrogen) atoms. The van der Waals surface area contributed by atoms with Crippen LogP contribution in [-0.2, 0) is 22.2 Å². The number of hydrogen-bond donors (Lipinski definition) is 4. The van der Waals surface area contributed by atoms with Gasteiger partial charge in [-0.3, -0.25) is 19.2 Å². The molecule has 1 aliphatic rings. The molecule has 0 aliphatic carbocycles. The molecule has 12 nitrogen and oxygen atoms in total. The van der Waals surface area contributed by atoms with E-state index in [0.717, 1.165) is 23.5 Å². The molecule has 0 saturated heterocycles. The number of nitrogens with zero attached hydrogens (tertiary/aromatic N) is 3. The minimum atomic E-state index is -4.48. The molecule has 4 aromatic rings. The van der Waals surface area contributed by atoms with E-state index in [0.29, 0.717) is 34.9 Å². The molecule has 0 fully saturated rings. The first-order chi connectivity index (χ1) is 23.1. The molecule has 4 N–H and O–H groups in total. The Kier molecular flexibility index (Phi) is 11.1. The average Bonchev–Trinajstić information content (AvgIpc) is 3.78. The summed E-state index contributed by atoms with van der Waals surface area (Å²) in [7, 11) is 0. The number of benzene rings is 2. The minimum Gasteiger partial charge on any atom is -0.492 e. The number of thiazole rings is 1. The smallest absolute Gasteiger partial charge is 0.416 e. The summed E-state index contributed by atoms with van der Waals surface area (Å²) in [5, 5.41) is 10.2. The van der Waals surface area contributed by atoms with Gasteiger partial charge in [0, 0.05) is 47.9 Å². The normalized spacial score (nSPS) is 17.2. The molecule has 1 atom stereocenters. The summed E-state index contributed by atoms with van der Waals surface area (Å²) in [6, 6.07) is 10.00. The third kappa shape index (κ3) is 9.18. The molecule has 252 valence electrons. The maximum atomic E-state index is 13.5. The largest absolute Gasteiger partial charge is 0.492 e. The predicted molar refractivity (Wildman–Crippen MR) is 169 cm³/mol. The number of alkyl halides is 3. The van der Waals surface area contributed by atoms with Gasteiger partial charge in [0.15, 0.2) is 0 Å². The zero-order chi connectivity index (χ0) is 34.1. The monoisotopic (exact) mass is 683 g/mol. The molecule has 5 rings (SSSR count). The van der Waals surface area contributed by atoms with E-state index < -0.39 is 41.4 Å². The van der Waals surface area contributed by atoms with Crippen LogP contribution < -0.4 is 20.7 Å². The fourth-order valence-electron chi connectivity index (χ4n) is 4.87. The van der Waals surface area contributed by atoms with Gasteiger partial charge in [0.2, 0.25) is 11.8 Å². The van der Waals surface area contributed by atoms with Crippen molar-refractivity contribution in [2.75, 3.05) is 32.8 Å². The van der Waals surface area contributed by atoms with E-state index in [2.05, 4.69) is 30.9 Å². The van der Waals surface area contributed by atoms with Crippen LogP contribution in [0.1, 0.15) is 44.9 Å². The van der Waals surface area contributed by atoms with E-state index >= 15 is 0 Å². The first-order valence-corrected chi connectivity index (χ1v) is 15.9. The molecule has 2 aromatic heterocycles. The highest BCUT2D eigenvalue weighted by molar-refractivity contribution is 7.13. The summed E-state index contributed by atoms with van der Waals surface area (Å²) in [4.78, 5) is 65.2. The Morgan fingerprint density at radius 1 is 1.02 bits per heavy atom. The number of amides is 4. The Balaban J connectivity index is 1.29. The SMILES string of the molecule is O=C1CN(C(=O)c2csc(-c3ccc(C(F)(F)F)cc3)n2)CCCCNC(=O)[C@H](Cc2cnc[nH]2)NC(=O)c2cccc(c2)OCCN1. The number of halogens is 3. The highest BCUT2D eigenvalue weighted by Crippen LogP contribution is 2.32. The Hall–Kier alpha value is -5.25. The summed E-state index contributed by atoms with van der Waals surface area (Å²) < 4.78 is 44.7. The van der Waals surface area contributed by atoms with Crippen LogP contribution in [0.25, 0.3) is 10.6 Å². The molecular formula is C32H32F3N7O5S. The molecule has 3 heterocycles. The van der Waals surface area contributed by atoms with Gasteiger partial charge in [0.05, 0.1) is 25.0 Å². The van der Waals surface area contributed by atoms with Gasteiger partial charge < -0.3 is 30.6 Å². The first-order valence-electron chi connectivity index (χ1n) is 15.0. The van der Waals surface area contributed by atoms with Gasteiger partial charge in [-0.25, -0.2) is 9.97 Å². The van der Waals surface area contributed by atoms with Crippen LogP contribution in [0.4, 0.5) is 13.2 Å². The van der Waals surface area contributed by atoms with Gasteiger partial charge in [0.25, 0.3) is 11.8 Å². The number of carbonyl (C=O) groups excluding carboxylic acids is 4. The second-order valence-corrected chi connectivity index (χ2v) is 11.7. The Morgan fingerprint density at radius 3 is 2.58 bits per heavy atom. The predicted octanol–water partition coefficient (Wildman–Crippen LogP) is 3.44. The average molecular weight is 684 g/mol. The van der Waals surface area contributed by atoms with E-state index in [-0.39, 0.29) is 50.5 Å². The van der Waals surface area contributed by atoms with Crippen molar-refractivity contribution in [3.8, 4) is 16.3 Å². The molecule has 0 unspecified atom stereocenters. The van der Waals surface area contributed by atoms with Crippen LogP contribution in [0.3, 0.4) is 0 Å². The number of ether oxygens (including phenoxy) is 1. The Morgan fingerprint density at radius 2 is 1.83 bits per heavy atom. The second-order valence-electron chi connectivity index (χ2n) is 10.9. The molecule has 2 bridgehead atoms. The Labute approximate surface area is 277 Å². The number of fused-ring (bicyclic) bond motifs is 2. The number of aromatic amines is 1. The molecule has 0 spiro atoms. The number of rotatable bonds is 4. The number of aromatic nitrogens is 3. The van der Waals surface area contributed by atoms with E-state index in [1.165, 1.54) is 34.8 Å². The summed E-state index contributed by atoms with van der Waals surface area (Å²) >= 11 is 1.10. The van der Waals surface area contributed by atoms with Gasteiger partial charge in [-0.15, -0.1) is 11.3 Å². The maximum absolute atomic E-state index is 13.5. The van der Waals surface area contributed by atoms with E-state index in [1.54, 1.807) is 24.4 Å². The van der Waals surface area contributed by atoms with Crippen LogP contribution in [0, 0.1) is 0 Å². The van der Waals surface area contributed by atoms with Gasteiger partial charge in [-0.05, 0) is 43.2 Å². The molecule has 0 saturated carbocycles. The Bertz CT molecular complexity index is 1730. The molecular weight excluding hydrogens is 651 g/mol. The van der Waals surface area contributed by atoms with E-state index in [4.69, 9.17) is 4.74 Å². The third-order valence-corrected chi connectivity index (χ3v) is 8.24. The molecule has 16 heteroatoms. The summed E-state index contributed by atoms with van der Waals surface area (Å²) in [6.07, 6.45) is -0.388. The highest BCUT2D eigenvalue weighted by atomic mass is 32.1. The summed E-state index contributed by atoms with van der Waals surface area (Å²) in [6.45, 7) is 0.319. The lowest BCUT2D eigenvalue weighted by Crippen LogP contribution is -2.48. The zero-order valence-electron chi connectivity index (χ0n) is 25.5. The molecule has 0 radical (unpaired) electrons. The first kappa shape index (κ1) is 34.1. The number of hydrogen-bond acceptors (Lipinski definition) is 8. The number of imidazole rings is 1. The van der Waals surface area contributed by atoms with Crippen molar-refractivity contribution in [2.45, 2.75) is 31.5 Å². The van der Waals surface area contributed by atoms with Crippen molar-refractivity contribution in [3.63, 3.8) is 0 Å². The lowest BCUT2D eigenvalue weighted by molar-refractivity contribution is -0.137. The zero-order valence-corrected chi connectivity index (χ0v) is 26.3. The standard InChI is InChI=1S/C32H32F3N7O5S/c33-32(34,35)22-8-6-20(7-9-22)30-41-26(18-48-30)31(46)42-12-2-1-10-38-29(45)25(15-23-16-36-19-39-23)40-28(44)21-4-3-5-24(14-21)47-13-11-37-27(43)17-42/h3-9,14,16,18-19,25H,1-2,10-13,15,17H2,(H,36,39)(H,37,43)(H,38,45)(H,40,44)/t25-/m0/s1. The van der Waals surface area contributed by atoms with Crippen LogP contribution >= 0.6 is 11.3 Å². The number of H-pyrrole nitrogens is 1. The van der Waals surface area contributed by atoms with E-state index in [1.807, 2.05) is 0 Å². The van der Waals surface area contributed by atoms with Crippen molar-refractivity contribution >= 4 is 35.0 Å². The lowest BCUT2D eigenvalue weighted by atomic mass is 10.1. The van der Waals surface area contributed by atoms with Crippen molar-refractivity contribution in [1.29, 1.82) is 0 Å². The van der Waals surface area contributed by atoms with E-state index in [9.17, 15) is 32.3 Å². The van der Waals surface area contributed by atoms with Gasteiger partial charge in [-0.1, -0.05) is 18.2 Å². The summed E-state index contributed by atoms with van der Waals surface area (Å²) in [5.41, 5.74) is 0.617. The molecule has 2 aromatic carbocycles. The van der Waals surface area contributed by atoms with Crippen LogP contribution in [0.15, 0.2) is 66.4 Å². The molecule has 4 amide bonds. The third-order valence-electron chi connectivity index (χ3n) is 7.35. The van der Waals surface area contributed by atoms with Crippen molar-refractivity contribution in [3.05, 3.63) is 88.9 Å². The number of nitrogens with one attached hydrogen (secondary N) is 4. The van der Waals surface area contributed by atoms with Crippen molar-refractivity contribution in [1.82, 2.24) is 35.8 Å². The topological polar surface area (TPSA) is 158 Å². The fourth-order valence-corrected chi connectivity index (χ4v) is 5.67. The van der Waals surface area contributed by atoms with Crippen molar-refractivity contribution in [2.24, 2.45) is 0 Å². The highest BCUT2D eigenvalue weighted by Gasteiger charge is 2.30. The number of carbonyl (C=O) groups is 4. The summed E-state index contributed by atoms with van der Waals surface area (Å²) in [5.74, 6) is -1.46. The van der Waals surface area contributed by atoms with Crippen LogP contribution in [0.2, 0.25) is 0 Å². The second kappa shape index (κ2) is 15.6. The quantitative estimate of drug-likeness (QED) is 0.257. The fraction of sp³-hybridized carbons (Fsp3) is 0.312. The maximum Gasteiger partial charge on any atom is 0.416 e. The van der Waals surface area contributed by atoms with Crippen molar-refractivity contribution < 1.29 is 37.1 Å². The lowest BCUT2D eigenvalue weighted by Gasteiger charge is -2.22. The van der Waals surface area contributed by atoms with Crippen LogP contribution in [0.5, 0.6) is 5.75 Å². The minimum absolute atomic E-state index is 0.0509.